The lowest BCUT2D eigenvalue weighted by atomic mass is 9.46. The third kappa shape index (κ3) is 13.1. The Balaban J connectivity index is -0.000000704. The zero-order valence-electron chi connectivity index (χ0n) is 33.1. The number of hydrogen-bond acceptors (Lipinski definition) is 2. The molecule has 0 bridgehead atoms. The molecule has 0 aromatic carbocycles. The van der Waals surface area contributed by atoms with E-state index in [1.807, 2.05) is 67.9 Å². The summed E-state index contributed by atoms with van der Waals surface area (Å²) < 4.78 is 0. The Morgan fingerprint density at radius 1 is 0.837 bits per heavy atom. The zero-order chi connectivity index (χ0) is 34.4. The Morgan fingerprint density at radius 3 is 1.79 bits per heavy atom. The van der Waals surface area contributed by atoms with E-state index in [0.717, 1.165) is 53.5 Å². The van der Waals surface area contributed by atoms with Gasteiger partial charge in [0.15, 0.2) is 0 Å². The molecule has 260 valence electrons. The zero-order valence-corrected chi connectivity index (χ0v) is 33.1. The molecular formula is C41H86N2. The lowest BCUT2D eigenvalue weighted by molar-refractivity contribution is -0.0518. The molecule has 0 aliphatic heterocycles. The van der Waals surface area contributed by atoms with Crippen molar-refractivity contribution in [3.8, 4) is 0 Å². The molecule has 4 N–H and O–H groups in total. The molecular weight excluding hydrogens is 520 g/mol. The van der Waals surface area contributed by atoms with Crippen LogP contribution in [0, 0.1) is 52.3 Å². The molecule has 2 heteroatoms. The van der Waals surface area contributed by atoms with Crippen molar-refractivity contribution in [2.24, 2.45) is 63.7 Å². The van der Waals surface area contributed by atoms with Gasteiger partial charge in [-0.25, -0.2) is 0 Å². The number of allylic oxidation sites excluding steroid dienone is 3. The molecule has 8 atom stereocenters. The average Bonchev–Trinajstić information content (AvgIpc) is 3.42. The van der Waals surface area contributed by atoms with Crippen molar-refractivity contribution in [3.63, 3.8) is 0 Å². The van der Waals surface area contributed by atoms with Gasteiger partial charge in [0.05, 0.1) is 0 Å². The Hall–Kier alpha value is -0.920. The molecule has 4 aliphatic carbocycles. The van der Waals surface area contributed by atoms with Crippen molar-refractivity contribution in [1.82, 2.24) is 0 Å². The predicted molar refractivity (Wildman–Crippen MR) is 201 cm³/mol. The van der Waals surface area contributed by atoms with Gasteiger partial charge in [-0.3, -0.25) is 0 Å². The van der Waals surface area contributed by atoms with Gasteiger partial charge in [0, 0.05) is 11.9 Å². The highest BCUT2D eigenvalue weighted by molar-refractivity contribution is 5.25. The molecule has 3 fully saturated rings. The van der Waals surface area contributed by atoms with Gasteiger partial charge in [0.25, 0.3) is 0 Å². The van der Waals surface area contributed by atoms with Crippen LogP contribution in [-0.4, -0.2) is 0 Å². The van der Waals surface area contributed by atoms with Crippen molar-refractivity contribution in [3.05, 3.63) is 23.5 Å². The van der Waals surface area contributed by atoms with Crippen LogP contribution in [0.2, 0.25) is 0 Å². The van der Waals surface area contributed by atoms with Crippen molar-refractivity contribution < 1.29 is 0 Å². The number of fused-ring (bicyclic) bond motifs is 5. The molecule has 3 saturated carbocycles. The first-order valence-electron chi connectivity index (χ1n) is 19.3. The second-order valence-corrected chi connectivity index (χ2v) is 13.6. The van der Waals surface area contributed by atoms with Crippen LogP contribution in [-0.2, 0) is 0 Å². The van der Waals surface area contributed by atoms with Gasteiger partial charge in [-0.05, 0) is 110 Å². The summed E-state index contributed by atoms with van der Waals surface area (Å²) in [4.78, 5) is 0. The maximum absolute atomic E-state index is 5.21. The van der Waals surface area contributed by atoms with Gasteiger partial charge in [0.2, 0.25) is 0 Å². The van der Waals surface area contributed by atoms with Gasteiger partial charge in [-0.1, -0.05) is 142 Å². The van der Waals surface area contributed by atoms with E-state index in [9.17, 15) is 0 Å². The average molecular weight is 607 g/mol. The molecule has 43 heavy (non-hydrogen) atoms. The quantitative estimate of drug-likeness (QED) is 0.313. The summed E-state index contributed by atoms with van der Waals surface area (Å²) in [5.74, 6) is 6.75. The fourth-order valence-corrected chi connectivity index (χ4v) is 8.22. The fourth-order valence-electron chi connectivity index (χ4n) is 8.22. The monoisotopic (exact) mass is 607 g/mol. The van der Waals surface area contributed by atoms with Gasteiger partial charge >= 0.3 is 0 Å². The SMILES string of the molecule is CC.CC.CC.CC.CC/C(N)=C/N.CCC(C)C.CCC(C)C1CCC2C3CC=C4CC(C)CCC4(C)C3CCC12C. The second-order valence-electron chi connectivity index (χ2n) is 13.6. The number of rotatable bonds is 4. The Morgan fingerprint density at radius 2 is 1.37 bits per heavy atom. The van der Waals surface area contributed by atoms with Gasteiger partial charge in [-0.2, -0.15) is 0 Å². The van der Waals surface area contributed by atoms with E-state index in [1.165, 1.54) is 70.4 Å². The molecule has 0 saturated heterocycles. The van der Waals surface area contributed by atoms with E-state index in [-0.39, 0.29) is 0 Å². The molecule has 4 aliphatic rings. The van der Waals surface area contributed by atoms with Crippen LogP contribution < -0.4 is 11.5 Å². The molecule has 0 aromatic rings. The minimum Gasteiger partial charge on any atom is -0.403 e. The second kappa shape index (κ2) is 25.3. The summed E-state index contributed by atoms with van der Waals surface area (Å²) >= 11 is 0. The largest absolute Gasteiger partial charge is 0.403 e. The molecule has 8 unspecified atom stereocenters. The van der Waals surface area contributed by atoms with Crippen molar-refractivity contribution in [2.75, 3.05) is 0 Å². The minimum atomic E-state index is 0.561. The van der Waals surface area contributed by atoms with Gasteiger partial charge in [-0.15, -0.1) is 0 Å². The predicted octanol–water partition coefficient (Wildman–Crippen LogP) is 13.6. The summed E-state index contributed by atoms with van der Waals surface area (Å²) in [7, 11) is 0. The van der Waals surface area contributed by atoms with E-state index in [0.29, 0.717) is 10.8 Å². The van der Waals surface area contributed by atoms with Crippen LogP contribution in [0.3, 0.4) is 0 Å². The molecule has 0 aromatic heterocycles. The molecule has 0 heterocycles. The van der Waals surface area contributed by atoms with Gasteiger partial charge in [0.1, 0.15) is 0 Å². The Kier molecular flexibility index (Phi) is 27.3. The van der Waals surface area contributed by atoms with Crippen LogP contribution in [0.4, 0.5) is 0 Å². The van der Waals surface area contributed by atoms with E-state index in [2.05, 4.69) is 61.5 Å². The van der Waals surface area contributed by atoms with Crippen molar-refractivity contribution >= 4 is 0 Å². The minimum absolute atomic E-state index is 0.561. The third-order valence-corrected chi connectivity index (χ3v) is 11.2. The van der Waals surface area contributed by atoms with Crippen molar-refractivity contribution in [1.29, 1.82) is 0 Å². The van der Waals surface area contributed by atoms with E-state index >= 15 is 0 Å². The lowest BCUT2D eigenvalue weighted by Gasteiger charge is -2.58. The Bertz CT molecular complexity index is 706. The first-order valence-corrected chi connectivity index (χ1v) is 19.3. The molecule has 4 rings (SSSR count). The smallest absolute Gasteiger partial charge is 0.0235 e. The summed E-state index contributed by atoms with van der Waals surface area (Å²) in [6, 6.07) is 0. The van der Waals surface area contributed by atoms with E-state index in [4.69, 9.17) is 11.5 Å². The molecule has 0 radical (unpaired) electrons. The summed E-state index contributed by atoms with van der Waals surface area (Å²) in [6.45, 7) is 37.4. The van der Waals surface area contributed by atoms with Crippen LogP contribution in [0.15, 0.2) is 23.5 Å². The first kappa shape index (κ1) is 46.5. The summed E-state index contributed by atoms with van der Waals surface area (Å²) in [5.41, 5.74) is 14.0. The lowest BCUT2D eigenvalue weighted by Crippen LogP contribution is -2.50. The van der Waals surface area contributed by atoms with Gasteiger partial charge < -0.3 is 11.5 Å². The topological polar surface area (TPSA) is 52.0 Å². The highest BCUT2D eigenvalue weighted by atomic mass is 14.6. The standard InChI is InChI=1S/C24H40.C5H12.C4H10N2.4C2H6/c1-6-17(3)20-9-10-21-19-8-7-18-15-16(2)11-13-23(18,4)22(19)12-14-24(20,21)5;1-4-5(2)3;1-2-4(6)3-5;4*1-2/h7,16-17,19-22H,6,8-15H2,1-5H3;5H,4H2,1-3H3;3H,2,5-6H2,1H3;4*1-2H3/b;;4-3-;;;;. The van der Waals surface area contributed by atoms with Crippen molar-refractivity contribution in [2.45, 2.75) is 188 Å². The summed E-state index contributed by atoms with van der Waals surface area (Å²) in [5, 5.41) is 0. The third-order valence-electron chi connectivity index (χ3n) is 11.2. The molecule has 2 nitrogen and oxygen atoms in total. The molecule has 0 spiro atoms. The normalized spacial score (nSPS) is 32.4. The highest BCUT2D eigenvalue weighted by Gasteiger charge is 2.58. The maximum Gasteiger partial charge on any atom is 0.0235 e. The van der Waals surface area contributed by atoms with E-state index < -0.39 is 0 Å². The maximum atomic E-state index is 5.21. The fraction of sp³-hybridized carbons (Fsp3) is 0.902. The number of nitrogens with two attached hydrogens (primary N) is 2. The summed E-state index contributed by atoms with van der Waals surface area (Å²) in [6.07, 6.45) is 19.5. The van der Waals surface area contributed by atoms with Crippen LogP contribution in [0.5, 0.6) is 0 Å². The Labute approximate surface area is 275 Å². The van der Waals surface area contributed by atoms with Crippen LogP contribution in [0.1, 0.15) is 188 Å². The highest BCUT2D eigenvalue weighted by Crippen LogP contribution is 2.67. The number of hydrogen-bond donors (Lipinski definition) is 2. The first-order chi connectivity index (χ1) is 20.5. The van der Waals surface area contributed by atoms with Crippen LogP contribution >= 0.6 is 0 Å². The molecule has 0 amide bonds. The van der Waals surface area contributed by atoms with E-state index in [1.54, 1.807) is 0 Å². The van der Waals surface area contributed by atoms with Crippen LogP contribution in [0.25, 0.3) is 0 Å².